The van der Waals surface area contributed by atoms with Crippen molar-refractivity contribution in [2.75, 3.05) is 6.61 Å². The molecule has 1 atom stereocenters. The second kappa shape index (κ2) is 4.95. The van der Waals surface area contributed by atoms with Crippen LogP contribution < -0.4 is 5.73 Å². The van der Waals surface area contributed by atoms with Gasteiger partial charge in [0.2, 0.25) is 0 Å². The van der Waals surface area contributed by atoms with E-state index in [1.165, 1.54) is 12.1 Å². The van der Waals surface area contributed by atoms with Gasteiger partial charge in [-0.2, -0.15) is 0 Å². The highest BCUT2D eigenvalue weighted by Gasteiger charge is 2.39. The number of benzene rings is 1. The molecule has 0 amide bonds. The average molecular weight is 361 g/mol. The van der Waals surface area contributed by atoms with Gasteiger partial charge in [0.05, 0.1) is 4.47 Å². The molecule has 1 aromatic carbocycles. The number of aliphatic hydroxyl groups excluding tert-OH is 1. The first-order valence-electron chi connectivity index (χ1n) is 4.21. The zero-order valence-electron chi connectivity index (χ0n) is 7.92. The van der Waals surface area contributed by atoms with Crippen molar-refractivity contribution in [1.29, 1.82) is 0 Å². The lowest BCUT2D eigenvalue weighted by Gasteiger charge is -2.23. The van der Waals surface area contributed by atoms with Crippen LogP contribution in [0.15, 0.2) is 21.1 Å². The molecule has 0 aliphatic rings. The van der Waals surface area contributed by atoms with Crippen molar-refractivity contribution in [3.05, 3.63) is 26.6 Å². The number of hydrogen-bond donors (Lipinski definition) is 3. The van der Waals surface area contributed by atoms with E-state index in [9.17, 15) is 13.9 Å². The van der Waals surface area contributed by atoms with Gasteiger partial charge < -0.3 is 15.9 Å². The van der Waals surface area contributed by atoms with E-state index in [4.69, 9.17) is 10.8 Å². The fourth-order valence-electron chi connectivity index (χ4n) is 1.15. The summed E-state index contributed by atoms with van der Waals surface area (Å²) in [6.45, 7) is -1.38. The molecule has 0 fully saturated rings. The highest BCUT2D eigenvalue weighted by molar-refractivity contribution is 9.11. The third kappa shape index (κ3) is 2.71. The molecule has 0 saturated heterocycles. The van der Waals surface area contributed by atoms with Gasteiger partial charge in [0, 0.05) is 10.0 Å². The second-order valence-electron chi connectivity index (χ2n) is 3.22. The molecule has 4 N–H and O–H groups in total. The maximum atomic E-state index is 13.2. The van der Waals surface area contributed by atoms with E-state index >= 15 is 0 Å². The molecule has 0 spiro atoms. The molecule has 1 rings (SSSR count). The van der Waals surface area contributed by atoms with Gasteiger partial charge in [-0.3, -0.25) is 0 Å². The van der Waals surface area contributed by atoms with Crippen LogP contribution in [0.3, 0.4) is 0 Å². The highest BCUT2D eigenvalue weighted by atomic mass is 79.9. The van der Waals surface area contributed by atoms with Crippen LogP contribution in [0.4, 0.5) is 8.78 Å². The van der Waals surface area contributed by atoms with Crippen LogP contribution in [0.5, 0.6) is 5.75 Å². The van der Waals surface area contributed by atoms with E-state index in [1.54, 1.807) is 0 Å². The van der Waals surface area contributed by atoms with E-state index in [2.05, 4.69) is 31.9 Å². The molecule has 1 aromatic rings. The zero-order chi connectivity index (χ0) is 12.5. The Morgan fingerprint density at radius 1 is 1.38 bits per heavy atom. The normalized spacial score (nSPS) is 13.9. The van der Waals surface area contributed by atoms with Crippen LogP contribution in [0, 0.1) is 0 Å². The van der Waals surface area contributed by atoms with Crippen LogP contribution in [0.1, 0.15) is 11.6 Å². The Morgan fingerprint density at radius 3 is 2.44 bits per heavy atom. The van der Waals surface area contributed by atoms with Crippen molar-refractivity contribution in [3.8, 4) is 5.75 Å². The van der Waals surface area contributed by atoms with Gasteiger partial charge in [-0.25, -0.2) is 8.78 Å². The van der Waals surface area contributed by atoms with E-state index in [0.29, 0.717) is 4.47 Å². The van der Waals surface area contributed by atoms with E-state index in [1.807, 2.05) is 0 Å². The summed E-state index contributed by atoms with van der Waals surface area (Å²) >= 11 is 6.11. The molecule has 7 heteroatoms. The van der Waals surface area contributed by atoms with Crippen LogP contribution in [0.25, 0.3) is 0 Å². The van der Waals surface area contributed by atoms with Crippen molar-refractivity contribution in [1.82, 2.24) is 0 Å². The third-order valence-electron chi connectivity index (χ3n) is 2.06. The number of phenols is 1. The fourth-order valence-corrected chi connectivity index (χ4v) is 2.41. The molecule has 3 nitrogen and oxygen atoms in total. The second-order valence-corrected chi connectivity index (χ2v) is 4.99. The van der Waals surface area contributed by atoms with Gasteiger partial charge in [-0.1, -0.05) is 15.9 Å². The quantitative estimate of drug-likeness (QED) is 0.776. The van der Waals surface area contributed by atoms with Crippen LogP contribution >= 0.6 is 31.9 Å². The molecule has 90 valence electrons. The summed E-state index contributed by atoms with van der Waals surface area (Å²) in [5.41, 5.74) is 5.17. The maximum absolute atomic E-state index is 13.2. The summed E-state index contributed by atoms with van der Waals surface area (Å²) in [4.78, 5) is 0. The monoisotopic (exact) mass is 359 g/mol. The lowest BCUT2D eigenvalue weighted by atomic mass is 10.0. The Hall–Kier alpha value is -0.240. The molecule has 0 aliphatic carbocycles. The Morgan fingerprint density at radius 2 is 1.94 bits per heavy atom. The summed E-state index contributed by atoms with van der Waals surface area (Å²) in [6.07, 6.45) is 0. The molecular weight excluding hydrogens is 352 g/mol. The predicted molar refractivity (Wildman–Crippen MR) is 62.5 cm³/mol. The number of aliphatic hydroxyl groups is 1. The number of rotatable bonds is 3. The third-order valence-corrected chi connectivity index (χ3v) is 3.12. The van der Waals surface area contributed by atoms with Crippen molar-refractivity contribution in [2.24, 2.45) is 5.73 Å². The molecule has 0 saturated carbocycles. The summed E-state index contributed by atoms with van der Waals surface area (Å²) in [5.74, 6) is -3.85. The molecule has 0 heterocycles. The minimum atomic E-state index is -3.49. The minimum Gasteiger partial charge on any atom is -0.506 e. The number of nitrogens with two attached hydrogens (primary N) is 1. The largest absolute Gasteiger partial charge is 0.506 e. The minimum absolute atomic E-state index is 0.139. The van der Waals surface area contributed by atoms with E-state index < -0.39 is 18.6 Å². The van der Waals surface area contributed by atoms with Crippen LogP contribution in [-0.4, -0.2) is 22.7 Å². The lowest BCUT2D eigenvalue weighted by Crippen LogP contribution is -2.36. The number of hydrogen-bond acceptors (Lipinski definition) is 3. The molecule has 0 aromatic heterocycles. The maximum Gasteiger partial charge on any atom is 0.289 e. The lowest BCUT2D eigenvalue weighted by molar-refractivity contribution is -0.0716. The Labute approximate surface area is 108 Å². The average Bonchev–Trinajstić information content (AvgIpc) is 2.22. The molecule has 0 radical (unpaired) electrons. The summed E-state index contributed by atoms with van der Waals surface area (Å²) in [5, 5.41) is 18.1. The van der Waals surface area contributed by atoms with Crippen molar-refractivity contribution in [2.45, 2.75) is 12.0 Å². The molecule has 0 aliphatic heterocycles. The van der Waals surface area contributed by atoms with Gasteiger partial charge in [-0.05, 0) is 28.1 Å². The first kappa shape index (κ1) is 13.8. The first-order valence-corrected chi connectivity index (χ1v) is 5.80. The zero-order valence-corrected chi connectivity index (χ0v) is 11.1. The number of halogens is 4. The number of phenolic OH excluding ortho intramolecular Hbond substituents is 1. The predicted octanol–water partition coefficient (Wildman–Crippen LogP) is 2.54. The van der Waals surface area contributed by atoms with E-state index in [0.717, 1.165) is 0 Å². The SMILES string of the molecule is N[C@@H](c1cc(Br)cc(Br)c1O)C(F)(F)CO. The molecule has 0 unspecified atom stereocenters. The van der Waals surface area contributed by atoms with Gasteiger partial charge in [-0.15, -0.1) is 0 Å². The standard InChI is InChI=1S/C9H9Br2F2NO2/c10-4-1-5(7(16)6(11)2-4)8(14)9(12,13)3-15/h1-2,8,15-16H,3,14H2/t8-/m0/s1. The van der Waals surface area contributed by atoms with Gasteiger partial charge in [0.15, 0.2) is 0 Å². The van der Waals surface area contributed by atoms with Crippen molar-refractivity contribution >= 4 is 31.9 Å². The fraction of sp³-hybridized carbons (Fsp3) is 0.333. The Kier molecular flexibility index (Phi) is 4.28. The topological polar surface area (TPSA) is 66.5 Å². The highest BCUT2D eigenvalue weighted by Crippen LogP contribution is 2.39. The summed E-state index contributed by atoms with van der Waals surface area (Å²) in [6, 6.07) is 1.02. The van der Waals surface area contributed by atoms with Crippen molar-refractivity contribution < 1.29 is 19.0 Å². The smallest absolute Gasteiger partial charge is 0.289 e. The van der Waals surface area contributed by atoms with Crippen molar-refractivity contribution in [3.63, 3.8) is 0 Å². The van der Waals surface area contributed by atoms with Gasteiger partial charge >= 0.3 is 0 Å². The molecule has 0 bridgehead atoms. The summed E-state index contributed by atoms with van der Waals surface area (Å²) in [7, 11) is 0. The number of alkyl halides is 2. The Balaban J connectivity index is 3.23. The molecular formula is C9H9Br2F2NO2. The van der Waals surface area contributed by atoms with E-state index in [-0.39, 0.29) is 15.8 Å². The Bertz CT molecular complexity index is 401. The first-order chi connectivity index (χ1) is 7.29. The van der Waals surface area contributed by atoms with Crippen LogP contribution in [-0.2, 0) is 0 Å². The van der Waals surface area contributed by atoms with Gasteiger partial charge in [0.1, 0.15) is 18.4 Å². The van der Waals surface area contributed by atoms with Crippen LogP contribution in [0.2, 0.25) is 0 Å². The molecule has 16 heavy (non-hydrogen) atoms. The van der Waals surface area contributed by atoms with Gasteiger partial charge in [0.25, 0.3) is 5.92 Å². The summed E-state index contributed by atoms with van der Waals surface area (Å²) < 4.78 is 27.1. The number of aromatic hydroxyl groups is 1.